The number of hydrogen-bond donors (Lipinski definition) is 1. The van der Waals surface area contributed by atoms with Crippen LogP contribution in [0.25, 0.3) is 0 Å². The predicted molar refractivity (Wildman–Crippen MR) is 97.5 cm³/mol. The SMILES string of the molecule is Cc1ncc(CC(=O)N2CCc3c(ncnc3N3CCOCC3)C2)c(=O)[nH]1. The molecular formula is C18H22N6O3. The topological polar surface area (TPSA) is 104 Å². The van der Waals surface area contributed by atoms with Gasteiger partial charge in [-0.3, -0.25) is 9.59 Å². The lowest BCUT2D eigenvalue weighted by atomic mass is 10.0. The summed E-state index contributed by atoms with van der Waals surface area (Å²) >= 11 is 0. The lowest BCUT2D eigenvalue weighted by molar-refractivity contribution is -0.131. The normalized spacial score (nSPS) is 16.9. The summed E-state index contributed by atoms with van der Waals surface area (Å²) in [5, 5.41) is 0. The van der Waals surface area contributed by atoms with Crippen LogP contribution in [0.5, 0.6) is 0 Å². The van der Waals surface area contributed by atoms with Crippen molar-refractivity contribution in [1.82, 2.24) is 24.8 Å². The minimum Gasteiger partial charge on any atom is -0.378 e. The number of aryl methyl sites for hydroxylation is 1. The van der Waals surface area contributed by atoms with Crippen molar-refractivity contribution in [2.45, 2.75) is 26.3 Å². The molecule has 1 saturated heterocycles. The fourth-order valence-electron chi connectivity index (χ4n) is 3.51. The van der Waals surface area contributed by atoms with Crippen molar-refractivity contribution in [1.29, 1.82) is 0 Å². The summed E-state index contributed by atoms with van der Waals surface area (Å²) < 4.78 is 5.42. The number of ether oxygens (including phenoxy) is 1. The number of rotatable bonds is 3. The van der Waals surface area contributed by atoms with Crippen LogP contribution < -0.4 is 10.5 Å². The molecule has 142 valence electrons. The van der Waals surface area contributed by atoms with Gasteiger partial charge in [-0.2, -0.15) is 0 Å². The molecule has 2 aliphatic heterocycles. The number of fused-ring (bicyclic) bond motifs is 1. The van der Waals surface area contributed by atoms with Crippen LogP contribution in [-0.4, -0.2) is 63.6 Å². The summed E-state index contributed by atoms with van der Waals surface area (Å²) in [7, 11) is 0. The molecule has 0 bridgehead atoms. The maximum absolute atomic E-state index is 12.7. The van der Waals surface area contributed by atoms with Gasteiger partial charge in [-0.05, 0) is 13.3 Å². The molecule has 0 radical (unpaired) electrons. The molecule has 9 heteroatoms. The van der Waals surface area contributed by atoms with Crippen LogP contribution in [0.1, 0.15) is 22.6 Å². The van der Waals surface area contributed by atoms with Crippen LogP contribution in [0, 0.1) is 6.92 Å². The van der Waals surface area contributed by atoms with E-state index in [1.54, 1.807) is 18.2 Å². The molecule has 27 heavy (non-hydrogen) atoms. The van der Waals surface area contributed by atoms with Crippen LogP contribution in [0.2, 0.25) is 0 Å². The largest absolute Gasteiger partial charge is 0.378 e. The molecule has 0 atom stereocenters. The molecule has 1 fully saturated rings. The lowest BCUT2D eigenvalue weighted by Crippen LogP contribution is -2.41. The van der Waals surface area contributed by atoms with Gasteiger partial charge in [0, 0.05) is 37.0 Å². The number of nitrogens with one attached hydrogen (secondary N) is 1. The van der Waals surface area contributed by atoms with Crippen molar-refractivity contribution in [3.63, 3.8) is 0 Å². The summed E-state index contributed by atoms with van der Waals surface area (Å²) in [5.74, 6) is 1.40. The zero-order valence-corrected chi connectivity index (χ0v) is 15.3. The Labute approximate surface area is 156 Å². The highest BCUT2D eigenvalue weighted by Gasteiger charge is 2.27. The Balaban J connectivity index is 1.49. The molecule has 1 amide bonds. The second-order valence-electron chi connectivity index (χ2n) is 6.79. The second kappa shape index (κ2) is 7.43. The highest BCUT2D eigenvalue weighted by molar-refractivity contribution is 5.79. The molecule has 9 nitrogen and oxygen atoms in total. The van der Waals surface area contributed by atoms with Crippen LogP contribution in [0.15, 0.2) is 17.3 Å². The number of aromatic nitrogens is 4. The average molecular weight is 370 g/mol. The number of carbonyl (C=O) groups is 1. The van der Waals surface area contributed by atoms with E-state index in [0.29, 0.717) is 44.1 Å². The molecule has 0 saturated carbocycles. The van der Waals surface area contributed by atoms with Crippen molar-refractivity contribution in [3.05, 3.63) is 45.5 Å². The highest BCUT2D eigenvalue weighted by Crippen LogP contribution is 2.26. The number of aromatic amines is 1. The summed E-state index contributed by atoms with van der Waals surface area (Å²) in [4.78, 5) is 44.2. The Bertz CT molecular complexity index is 906. The Morgan fingerprint density at radius 2 is 2.04 bits per heavy atom. The van der Waals surface area contributed by atoms with Gasteiger partial charge in [-0.15, -0.1) is 0 Å². The first-order valence-corrected chi connectivity index (χ1v) is 9.10. The molecular weight excluding hydrogens is 348 g/mol. The van der Waals surface area contributed by atoms with Gasteiger partial charge >= 0.3 is 0 Å². The summed E-state index contributed by atoms with van der Waals surface area (Å²) in [6.45, 7) is 5.76. The molecule has 2 aromatic heterocycles. The molecule has 0 aliphatic carbocycles. The predicted octanol–water partition coefficient (Wildman–Crippen LogP) is -0.168. The van der Waals surface area contributed by atoms with Gasteiger partial charge in [-0.25, -0.2) is 15.0 Å². The van der Waals surface area contributed by atoms with E-state index in [4.69, 9.17) is 4.74 Å². The molecule has 0 spiro atoms. The van der Waals surface area contributed by atoms with Crippen molar-refractivity contribution in [2.24, 2.45) is 0 Å². The molecule has 4 heterocycles. The number of hydrogen-bond acceptors (Lipinski definition) is 7. The van der Waals surface area contributed by atoms with Crippen LogP contribution in [0.3, 0.4) is 0 Å². The van der Waals surface area contributed by atoms with Crippen molar-refractivity contribution in [3.8, 4) is 0 Å². The van der Waals surface area contributed by atoms with E-state index >= 15 is 0 Å². The quantitative estimate of drug-likeness (QED) is 0.800. The van der Waals surface area contributed by atoms with Gasteiger partial charge < -0.3 is 19.5 Å². The van der Waals surface area contributed by atoms with E-state index in [1.165, 1.54) is 6.20 Å². The zero-order valence-electron chi connectivity index (χ0n) is 15.3. The second-order valence-corrected chi connectivity index (χ2v) is 6.79. The zero-order chi connectivity index (χ0) is 18.8. The van der Waals surface area contributed by atoms with Gasteiger partial charge in [0.25, 0.3) is 5.56 Å². The van der Waals surface area contributed by atoms with Crippen LogP contribution in [0.4, 0.5) is 5.82 Å². The Morgan fingerprint density at radius 1 is 1.22 bits per heavy atom. The van der Waals surface area contributed by atoms with Gasteiger partial charge in [0.05, 0.1) is 31.9 Å². The molecule has 2 aliphatic rings. The fraction of sp³-hybridized carbons (Fsp3) is 0.500. The number of morpholine rings is 1. The first kappa shape index (κ1) is 17.6. The highest BCUT2D eigenvalue weighted by atomic mass is 16.5. The first-order chi connectivity index (χ1) is 13.1. The van der Waals surface area contributed by atoms with E-state index < -0.39 is 0 Å². The number of anilines is 1. The van der Waals surface area contributed by atoms with Gasteiger partial charge in [0.1, 0.15) is 18.0 Å². The standard InChI is InChI=1S/C18H22N6O3/c1-12-19-9-13(18(26)22-12)8-16(25)24-3-2-14-15(10-24)20-11-21-17(14)23-4-6-27-7-5-23/h9,11H,2-8,10H2,1H3,(H,19,22,26). The Kier molecular flexibility index (Phi) is 4.85. The third kappa shape index (κ3) is 3.68. The average Bonchev–Trinajstić information content (AvgIpc) is 2.70. The van der Waals surface area contributed by atoms with Gasteiger partial charge in [-0.1, -0.05) is 0 Å². The maximum Gasteiger partial charge on any atom is 0.254 e. The minimum atomic E-state index is -0.259. The van der Waals surface area contributed by atoms with Crippen molar-refractivity contribution >= 4 is 11.7 Å². The lowest BCUT2D eigenvalue weighted by Gasteiger charge is -2.33. The number of nitrogens with zero attached hydrogens (tertiary/aromatic N) is 5. The summed E-state index contributed by atoms with van der Waals surface area (Å²) in [5.41, 5.74) is 2.11. The fourth-order valence-corrected chi connectivity index (χ4v) is 3.51. The van der Waals surface area contributed by atoms with E-state index in [1.807, 2.05) is 0 Å². The van der Waals surface area contributed by atoms with Crippen LogP contribution in [-0.2, 0) is 28.9 Å². The van der Waals surface area contributed by atoms with Gasteiger partial charge in [0.2, 0.25) is 5.91 Å². The number of H-pyrrole nitrogens is 1. The Morgan fingerprint density at radius 3 is 2.81 bits per heavy atom. The van der Waals surface area contributed by atoms with E-state index in [-0.39, 0.29) is 17.9 Å². The van der Waals surface area contributed by atoms with Crippen molar-refractivity contribution in [2.75, 3.05) is 37.7 Å². The molecule has 1 N–H and O–H groups in total. The number of carbonyl (C=O) groups excluding carboxylic acids is 1. The first-order valence-electron chi connectivity index (χ1n) is 9.10. The monoisotopic (exact) mass is 370 g/mol. The Hall–Kier alpha value is -2.81. The van der Waals surface area contributed by atoms with Crippen molar-refractivity contribution < 1.29 is 9.53 Å². The van der Waals surface area contributed by atoms with E-state index in [0.717, 1.165) is 30.2 Å². The van der Waals surface area contributed by atoms with Gasteiger partial charge in [0.15, 0.2) is 0 Å². The molecule has 0 aromatic carbocycles. The minimum absolute atomic E-state index is 0.0410. The number of amides is 1. The molecule has 4 rings (SSSR count). The third-order valence-electron chi connectivity index (χ3n) is 4.99. The summed E-state index contributed by atoms with van der Waals surface area (Å²) in [6, 6.07) is 0. The molecule has 2 aromatic rings. The summed E-state index contributed by atoms with van der Waals surface area (Å²) in [6.07, 6.45) is 3.78. The smallest absolute Gasteiger partial charge is 0.254 e. The maximum atomic E-state index is 12.7. The van der Waals surface area contributed by atoms with Crippen LogP contribution >= 0.6 is 0 Å². The molecule has 0 unspecified atom stereocenters. The van der Waals surface area contributed by atoms with E-state index in [9.17, 15) is 9.59 Å². The third-order valence-corrected chi connectivity index (χ3v) is 4.99. The van der Waals surface area contributed by atoms with E-state index in [2.05, 4.69) is 24.8 Å².